The second kappa shape index (κ2) is 14.4. The molecule has 5 atom stereocenters. The fourth-order valence-corrected chi connectivity index (χ4v) is 9.64. The zero-order valence-electron chi connectivity index (χ0n) is 28.9. The van der Waals surface area contributed by atoms with Crippen LogP contribution in [-0.2, 0) is 24.4 Å². The maximum atomic E-state index is 14.4. The van der Waals surface area contributed by atoms with Gasteiger partial charge in [-0.15, -0.1) is 11.3 Å². The second-order valence-corrected chi connectivity index (χ2v) is 18.5. The topological polar surface area (TPSA) is 183 Å². The summed E-state index contributed by atoms with van der Waals surface area (Å²) in [5.41, 5.74) is -2.08. The van der Waals surface area contributed by atoms with Gasteiger partial charge in [-0.1, -0.05) is 54.8 Å². The fraction of sp³-hybridized carbons (Fsp3) is 0.571. The van der Waals surface area contributed by atoms with E-state index in [9.17, 15) is 32.4 Å². The Kier molecular flexibility index (Phi) is 10.5. The van der Waals surface area contributed by atoms with E-state index in [1.165, 1.54) is 16.2 Å². The van der Waals surface area contributed by atoms with Crippen molar-refractivity contribution in [3.63, 3.8) is 0 Å². The van der Waals surface area contributed by atoms with Crippen LogP contribution in [-0.4, -0.2) is 84.0 Å². The van der Waals surface area contributed by atoms with Crippen LogP contribution in [0.3, 0.4) is 0 Å². The summed E-state index contributed by atoms with van der Waals surface area (Å²) in [4.78, 5) is 70.5. The molecule has 2 aliphatic carbocycles. The number of halogens is 1. The van der Waals surface area contributed by atoms with Crippen LogP contribution in [0.25, 0.3) is 10.1 Å². The smallest absolute Gasteiger partial charge is 0.315 e. The number of carbonyl (C=O) groups excluding carboxylic acids is 5. The van der Waals surface area contributed by atoms with E-state index < -0.39 is 80.1 Å². The first kappa shape index (κ1) is 37.1. The van der Waals surface area contributed by atoms with Crippen LogP contribution in [0.1, 0.15) is 88.2 Å². The molecule has 16 heteroatoms. The second-order valence-electron chi connectivity index (χ2n) is 15.1. The van der Waals surface area contributed by atoms with Crippen molar-refractivity contribution in [2.24, 2.45) is 5.92 Å². The molecule has 6 amide bonds. The fourth-order valence-electron chi connectivity index (χ4n) is 6.85. The van der Waals surface area contributed by atoms with Gasteiger partial charge >= 0.3 is 6.03 Å². The summed E-state index contributed by atoms with van der Waals surface area (Å²) < 4.78 is 28.6. The minimum atomic E-state index is -3.89. The summed E-state index contributed by atoms with van der Waals surface area (Å²) in [6.45, 7) is 5.43. The molecule has 1 aromatic carbocycles. The van der Waals surface area contributed by atoms with E-state index in [1.807, 2.05) is 57.2 Å². The van der Waals surface area contributed by atoms with Crippen molar-refractivity contribution >= 4 is 72.7 Å². The van der Waals surface area contributed by atoms with E-state index >= 15 is 0 Å². The highest BCUT2D eigenvalue weighted by atomic mass is 35.5. The molecule has 2 aliphatic heterocycles. The number of nitrogens with one attached hydrogen (secondary N) is 5. The first-order valence-corrected chi connectivity index (χ1v) is 20.2. The number of amides is 6. The summed E-state index contributed by atoms with van der Waals surface area (Å²) in [6.07, 6.45) is 8.14. The van der Waals surface area contributed by atoms with Gasteiger partial charge in [0.1, 0.15) is 22.5 Å². The van der Waals surface area contributed by atoms with Crippen LogP contribution >= 0.6 is 22.9 Å². The number of allylic oxidation sites excluding steroid dienone is 1. The highest BCUT2D eigenvalue weighted by Crippen LogP contribution is 2.46. The number of nitrogens with zero attached hydrogens (tertiary/aromatic N) is 1. The first-order chi connectivity index (χ1) is 24.1. The molecule has 4 aliphatic rings. The van der Waals surface area contributed by atoms with E-state index in [2.05, 4.69) is 26.0 Å². The molecule has 0 spiro atoms. The van der Waals surface area contributed by atoms with Crippen LogP contribution in [0.5, 0.6) is 0 Å². The third kappa shape index (κ3) is 8.36. The molecule has 5 N–H and O–H groups in total. The van der Waals surface area contributed by atoms with Crippen LogP contribution in [0.15, 0.2) is 36.4 Å². The molecule has 276 valence electrons. The summed E-state index contributed by atoms with van der Waals surface area (Å²) in [5, 5.41) is 11.8. The van der Waals surface area contributed by atoms with Gasteiger partial charge < -0.3 is 26.2 Å². The summed E-state index contributed by atoms with van der Waals surface area (Å²) in [5.74, 6) is -2.84. The quantitative estimate of drug-likeness (QED) is 0.278. The number of rotatable bonds is 6. The van der Waals surface area contributed by atoms with Crippen molar-refractivity contribution in [1.29, 1.82) is 0 Å². The standard InChI is InChI=1S/C35H45ClN6O7S2/c1-34(2,3)40-33(47)38-24-13-8-6-4-5-7-11-20-18-35(20,32(46)41-51(48,49)22-15-16-22)39-29(43)25-17-21(19-42(25)31(24)45)37-30(44)28-27(36)23-12-9-10-14-26(23)50-28/h7,9-12,14,20-22,24-25H,4-6,8,13,15-19H2,1-3H3,(H,37,44)(H,39,43)(H,41,46)(H2,38,40,47)/t20-,21-,24+,25+,35-/m1/s1. The molecule has 13 nitrogen and oxygen atoms in total. The molecule has 0 bridgehead atoms. The van der Waals surface area contributed by atoms with Crippen LogP contribution in [0, 0.1) is 5.92 Å². The van der Waals surface area contributed by atoms with Crippen LogP contribution in [0.4, 0.5) is 4.79 Å². The summed E-state index contributed by atoms with van der Waals surface area (Å²) in [7, 11) is -3.89. The maximum absolute atomic E-state index is 14.4. The molecule has 3 heterocycles. The monoisotopic (exact) mass is 760 g/mol. The van der Waals surface area contributed by atoms with Gasteiger partial charge in [0, 0.05) is 34.1 Å². The Morgan fingerprint density at radius 2 is 1.78 bits per heavy atom. The highest BCUT2D eigenvalue weighted by Gasteiger charge is 2.62. The minimum absolute atomic E-state index is 0.0192. The Balaban J connectivity index is 1.28. The average molecular weight is 761 g/mol. The summed E-state index contributed by atoms with van der Waals surface area (Å²) >= 11 is 7.83. The molecular weight excluding hydrogens is 716 g/mol. The lowest BCUT2D eigenvalue weighted by molar-refractivity contribution is -0.141. The number of benzene rings is 1. The van der Waals surface area contributed by atoms with E-state index in [-0.39, 0.29) is 19.4 Å². The number of thiophene rings is 1. The third-order valence-corrected chi connectivity index (χ3v) is 13.2. The van der Waals surface area contributed by atoms with Gasteiger partial charge in [-0.25, -0.2) is 13.2 Å². The zero-order chi connectivity index (χ0) is 36.7. The number of sulfonamides is 1. The van der Waals surface area contributed by atoms with Crippen molar-refractivity contribution in [3.8, 4) is 0 Å². The van der Waals surface area contributed by atoms with Gasteiger partial charge in [-0.2, -0.15) is 0 Å². The zero-order valence-corrected chi connectivity index (χ0v) is 31.3. The SMILES string of the molecule is CC(C)(C)NC(=O)N[C@H]1CCCCCC=C[C@@H]2C[C@@]2(C(=O)NS(=O)(=O)C2CC2)NC(=O)[C@@H]2C[C@@H](NC(=O)c3sc4ccccc4c3Cl)CN2C1=O. The molecular formula is C35H45ClN6O7S2. The van der Waals surface area contributed by atoms with Crippen molar-refractivity contribution < 1.29 is 32.4 Å². The third-order valence-electron chi connectivity index (χ3n) is 9.75. The number of fused-ring (bicyclic) bond motifs is 3. The van der Waals surface area contributed by atoms with Gasteiger partial charge in [0.2, 0.25) is 21.8 Å². The Morgan fingerprint density at radius 3 is 2.49 bits per heavy atom. The molecule has 51 heavy (non-hydrogen) atoms. The predicted molar refractivity (Wildman–Crippen MR) is 195 cm³/mol. The lowest BCUT2D eigenvalue weighted by atomic mass is 10.0. The van der Waals surface area contributed by atoms with E-state index in [4.69, 9.17) is 11.6 Å². The van der Waals surface area contributed by atoms with E-state index in [0.29, 0.717) is 42.0 Å². The van der Waals surface area contributed by atoms with Gasteiger partial charge in [0.25, 0.3) is 11.8 Å². The molecule has 0 radical (unpaired) electrons. The van der Waals surface area contributed by atoms with Crippen molar-refractivity contribution in [2.45, 2.75) is 113 Å². The molecule has 3 fully saturated rings. The normalized spacial score (nSPS) is 27.3. The molecule has 2 saturated carbocycles. The number of hydrogen-bond acceptors (Lipinski definition) is 8. The minimum Gasteiger partial charge on any atom is -0.347 e. The maximum Gasteiger partial charge on any atom is 0.315 e. The Hall–Kier alpha value is -3.69. The number of hydrogen-bond donors (Lipinski definition) is 5. The lowest BCUT2D eigenvalue weighted by Crippen LogP contribution is -2.59. The molecule has 6 rings (SSSR count). The van der Waals surface area contributed by atoms with Crippen LogP contribution < -0.4 is 26.0 Å². The van der Waals surface area contributed by atoms with Crippen molar-refractivity contribution in [2.75, 3.05) is 6.54 Å². The van der Waals surface area contributed by atoms with Gasteiger partial charge in [0.05, 0.1) is 10.3 Å². The van der Waals surface area contributed by atoms with E-state index in [0.717, 1.165) is 22.9 Å². The van der Waals surface area contributed by atoms with E-state index in [1.54, 1.807) is 0 Å². The average Bonchev–Trinajstić information content (AvgIpc) is 3.96. The van der Waals surface area contributed by atoms with Gasteiger partial charge in [0.15, 0.2) is 0 Å². The molecule has 1 aromatic heterocycles. The van der Waals surface area contributed by atoms with Crippen LogP contribution in [0.2, 0.25) is 5.02 Å². The highest BCUT2D eigenvalue weighted by molar-refractivity contribution is 7.91. The largest absolute Gasteiger partial charge is 0.347 e. The van der Waals surface area contributed by atoms with Gasteiger partial charge in [-0.05, 0) is 71.8 Å². The molecule has 2 aromatic rings. The Labute approximate surface area is 306 Å². The lowest BCUT2D eigenvalue weighted by Gasteiger charge is -2.31. The number of carbonyl (C=O) groups is 5. The number of urea groups is 1. The Morgan fingerprint density at radius 1 is 1.04 bits per heavy atom. The molecule has 0 unspecified atom stereocenters. The Bertz CT molecular complexity index is 1870. The summed E-state index contributed by atoms with van der Waals surface area (Å²) in [6, 6.07) is 4.07. The van der Waals surface area contributed by atoms with Gasteiger partial charge in [-0.3, -0.25) is 23.9 Å². The predicted octanol–water partition coefficient (Wildman–Crippen LogP) is 3.72. The first-order valence-electron chi connectivity index (χ1n) is 17.5. The molecule has 1 saturated heterocycles. The van der Waals surface area contributed by atoms with Crippen molar-refractivity contribution in [1.82, 2.24) is 30.9 Å². The van der Waals surface area contributed by atoms with Crippen molar-refractivity contribution in [3.05, 3.63) is 46.3 Å².